The van der Waals surface area contributed by atoms with Crippen LogP contribution in [0.1, 0.15) is 120 Å². The summed E-state index contributed by atoms with van der Waals surface area (Å²) < 4.78 is 11.3. The molecule has 0 aliphatic rings. The van der Waals surface area contributed by atoms with Crippen LogP contribution in [0.5, 0.6) is 5.75 Å². The lowest BCUT2D eigenvalue weighted by molar-refractivity contribution is -0.142. The lowest BCUT2D eigenvalue weighted by Gasteiger charge is -2.11. The predicted octanol–water partition coefficient (Wildman–Crippen LogP) is 10.1. The highest BCUT2D eigenvalue weighted by molar-refractivity contribution is 8.14. The molecule has 0 N–H and O–H groups in total. The summed E-state index contributed by atoms with van der Waals surface area (Å²) >= 11 is 1.19. The SMILES string of the molecule is CCCCCCCCCCOc1ccc(C(=O)Sc2ccc(C=CC(=O)O[C@H](C)CCCCCC)cc2)cc1. The molecule has 39 heavy (non-hydrogen) atoms. The molecular weight excluding hydrogens is 504 g/mol. The molecule has 0 heterocycles. The van der Waals surface area contributed by atoms with Gasteiger partial charge in [0.1, 0.15) is 5.75 Å². The summed E-state index contributed by atoms with van der Waals surface area (Å²) in [7, 11) is 0. The van der Waals surface area contributed by atoms with Gasteiger partial charge in [0.05, 0.1) is 12.7 Å². The van der Waals surface area contributed by atoms with Crippen molar-refractivity contribution in [2.45, 2.75) is 115 Å². The molecule has 0 saturated heterocycles. The Hall–Kier alpha value is -2.53. The number of hydrogen-bond donors (Lipinski definition) is 0. The first-order chi connectivity index (χ1) is 19.0. The molecule has 5 heteroatoms. The van der Waals surface area contributed by atoms with Crippen LogP contribution in [0.2, 0.25) is 0 Å². The van der Waals surface area contributed by atoms with E-state index in [0.717, 1.165) is 35.5 Å². The van der Waals surface area contributed by atoms with Crippen LogP contribution in [0.25, 0.3) is 6.08 Å². The lowest BCUT2D eigenvalue weighted by atomic mass is 10.1. The van der Waals surface area contributed by atoms with Gasteiger partial charge >= 0.3 is 5.97 Å². The minimum atomic E-state index is -0.322. The van der Waals surface area contributed by atoms with E-state index in [9.17, 15) is 9.59 Å². The maximum absolute atomic E-state index is 12.7. The summed E-state index contributed by atoms with van der Waals surface area (Å²) in [5.74, 6) is 0.483. The minimum Gasteiger partial charge on any atom is -0.494 e. The van der Waals surface area contributed by atoms with Crippen LogP contribution in [0.3, 0.4) is 0 Å². The van der Waals surface area contributed by atoms with Crippen LogP contribution in [0.15, 0.2) is 59.5 Å². The third-order valence-corrected chi connectivity index (χ3v) is 7.57. The zero-order valence-corrected chi connectivity index (χ0v) is 25.1. The van der Waals surface area contributed by atoms with Crippen LogP contribution in [0, 0.1) is 0 Å². The number of esters is 1. The number of ether oxygens (including phenoxy) is 2. The van der Waals surface area contributed by atoms with E-state index in [-0.39, 0.29) is 17.2 Å². The number of carbonyl (C=O) groups excluding carboxylic acids is 2. The monoisotopic (exact) mass is 552 g/mol. The zero-order chi connectivity index (χ0) is 28.1. The summed E-state index contributed by atoms with van der Waals surface area (Å²) in [5.41, 5.74) is 1.53. The van der Waals surface area contributed by atoms with Gasteiger partial charge in [0.2, 0.25) is 5.12 Å². The molecule has 0 unspecified atom stereocenters. The van der Waals surface area contributed by atoms with Crippen molar-refractivity contribution in [2.24, 2.45) is 0 Å². The summed E-state index contributed by atoms with van der Waals surface area (Å²) in [5, 5.41) is -0.00980. The number of benzene rings is 2. The van der Waals surface area contributed by atoms with Crippen molar-refractivity contribution in [2.75, 3.05) is 6.61 Å². The Morgan fingerprint density at radius 2 is 1.36 bits per heavy atom. The molecule has 0 aliphatic heterocycles. The highest BCUT2D eigenvalue weighted by Crippen LogP contribution is 2.25. The minimum absolute atomic E-state index is 0.00980. The van der Waals surface area contributed by atoms with Crippen molar-refractivity contribution in [3.8, 4) is 5.75 Å². The summed E-state index contributed by atoms with van der Waals surface area (Å²) in [6, 6.07) is 15.0. The van der Waals surface area contributed by atoms with Gasteiger partial charge in [-0.2, -0.15) is 0 Å². The van der Waals surface area contributed by atoms with Gasteiger partial charge in [-0.3, -0.25) is 4.79 Å². The standard InChI is InChI=1S/C34H48O4S/c1-4-6-8-10-11-12-13-15-27-37-31-22-20-30(21-23-31)34(36)39-32-24-17-29(18-25-32)19-26-33(35)38-28(3)16-14-9-7-5-2/h17-26,28H,4-16,27H2,1-3H3/t28-/m1/s1. The normalized spacial score (nSPS) is 12.0. The van der Waals surface area contributed by atoms with Gasteiger partial charge in [0.25, 0.3) is 0 Å². The Bertz CT molecular complexity index is 966. The highest BCUT2D eigenvalue weighted by Gasteiger charge is 2.09. The molecule has 1 atom stereocenters. The van der Waals surface area contributed by atoms with Gasteiger partial charge in [-0.05, 0) is 86.0 Å². The van der Waals surface area contributed by atoms with Crippen LogP contribution < -0.4 is 4.74 Å². The highest BCUT2D eigenvalue weighted by atomic mass is 32.2. The second-order valence-corrected chi connectivity index (χ2v) is 11.3. The largest absolute Gasteiger partial charge is 0.494 e. The molecule has 0 amide bonds. The molecule has 0 saturated carbocycles. The van der Waals surface area contributed by atoms with E-state index in [2.05, 4.69) is 13.8 Å². The first-order valence-electron chi connectivity index (χ1n) is 15.0. The smallest absolute Gasteiger partial charge is 0.331 e. The van der Waals surface area contributed by atoms with Crippen molar-refractivity contribution < 1.29 is 19.1 Å². The van der Waals surface area contributed by atoms with Gasteiger partial charge in [-0.15, -0.1) is 0 Å². The average Bonchev–Trinajstić information content (AvgIpc) is 2.94. The third kappa shape index (κ3) is 15.0. The van der Waals surface area contributed by atoms with Crippen molar-refractivity contribution >= 4 is 28.9 Å². The number of unbranched alkanes of at least 4 members (excludes halogenated alkanes) is 10. The predicted molar refractivity (Wildman–Crippen MR) is 165 cm³/mol. The van der Waals surface area contributed by atoms with E-state index < -0.39 is 0 Å². The molecule has 0 radical (unpaired) electrons. The van der Waals surface area contributed by atoms with Crippen molar-refractivity contribution in [1.29, 1.82) is 0 Å². The van der Waals surface area contributed by atoms with Crippen molar-refractivity contribution in [1.82, 2.24) is 0 Å². The fourth-order valence-electron chi connectivity index (χ4n) is 4.25. The van der Waals surface area contributed by atoms with E-state index in [1.54, 1.807) is 6.08 Å². The average molecular weight is 553 g/mol. The van der Waals surface area contributed by atoms with E-state index in [1.807, 2.05) is 55.5 Å². The molecule has 2 aromatic carbocycles. The van der Waals surface area contributed by atoms with Crippen molar-refractivity contribution in [3.63, 3.8) is 0 Å². The molecule has 0 bridgehead atoms. The van der Waals surface area contributed by atoms with E-state index in [4.69, 9.17) is 9.47 Å². The topological polar surface area (TPSA) is 52.6 Å². The molecule has 0 fully saturated rings. The Kier molecular flexibility index (Phi) is 17.1. The third-order valence-electron chi connectivity index (χ3n) is 6.64. The zero-order valence-electron chi connectivity index (χ0n) is 24.3. The number of hydrogen-bond acceptors (Lipinski definition) is 5. The quantitative estimate of drug-likeness (QED) is 0.0708. The van der Waals surface area contributed by atoms with Gasteiger partial charge in [-0.25, -0.2) is 4.79 Å². The Morgan fingerprint density at radius 3 is 2.00 bits per heavy atom. The Balaban J connectivity index is 1.68. The summed E-state index contributed by atoms with van der Waals surface area (Å²) in [6.07, 6.45) is 18.9. The van der Waals surface area contributed by atoms with Gasteiger partial charge in [-0.1, -0.05) is 90.2 Å². The van der Waals surface area contributed by atoms with E-state index in [1.165, 1.54) is 82.0 Å². The first-order valence-corrected chi connectivity index (χ1v) is 15.8. The van der Waals surface area contributed by atoms with Crippen LogP contribution in [0.4, 0.5) is 0 Å². The molecule has 2 aromatic rings. The summed E-state index contributed by atoms with van der Waals surface area (Å²) in [4.78, 5) is 25.7. The molecule has 0 spiro atoms. The second kappa shape index (κ2) is 20.4. The van der Waals surface area contributed by atoms with Crippen LogP contribution in [-0.4, -0.2) is 23.8 Å². The first kappa shape index (κ1) is 32.7. The molecule has 0 aromatic heterocycles. The van der Waals surface area contributed by atoms with Gasteiger partial charge < -0.3 is 9.47 Å². The fraction of sp³-hybridized carbons (Fsp3) is 0.529. The van der Waals surface area contributed by atoms with Crippen molar-refractivity contribution in [3.05, 3.63) is 65.7 Å². The summed E-state index contributed by atoms with van der Waals surface area (Å²) in [6.45, 7) is 7.09. The Labute approximate surface area is 241 Å². The van der Waals surface area contributed by atoms with E-state index in [0.29, 0.717) is 12.2 Å². The molecular formula is C34H48O4S. The van der Waals surface area contributed by atoms with E-state index >= 15 is 0 Å². The fourth-order valence-corrected chi connectivity index (χ4v) is 4.99. The molecule has 2 rings (SSSR count). The van der Waals surface area contributed by atoms with Gasteiger partial charge in [0.15, 0.2) is 0 Å². The molecule has 214 valence electrons. The molecule has 4 nitrogen and oxygen atoms in total. The number of rotatable bonds is 20. The number of thioether (sulfide) groups is 1. The van der Waals surface area contributed by atoms with Crippen LogP contribution >= 0.6 is 11.8 Å². The lowest BCUT2D eigenvalue weighted by Crippen LogP contribution is -2.12. The number of carbonyl (C=O) groups is 2. The van der Waals surface area contributed by atoms with Gasteiger partial charge in [0, 0.05) is 16.5 Å². The Morgan fingerprint density at radius 1 is 0.769 bits per heavy atom. The maximum atomic E-state index is 12.7. The maximum Gasteiger partial charge on any atom is 0.331 e. The van der Waals surface area contributed by atoms with Crippen LogP contribution in [-0.2, 0) is 9.53 Å². The molecule has 0 aliphatic carbocycles. The second-order valence-electron chi connectivity index (χ2n) is 10.2.